The maximum absolute atomic E-state index is 2.57. The number of fused-ring (bicyclic) bond motifs is 11. The lowest BCUT2D eigenvalue weighted by Gasteiger charge is -2.31. The van der Waals surface area contributed by atoms with Crippen LogP contribution in [0.25, 0.3) is 55.6 Å². The molecule has 80 heavy (non-hydrogen) atoms. The highest BCUT2D eigenvalue weighted by atomic mass is 15.2. The molecule has 2 saturated carbocycles. The Hall–Kier alpha value is -8.98. The standard InChI is InChI=1S/C78H64N2/c1-78(2)74-37-20-19-36-67(74)73-49-64(40-41-75(73)78)80(63-32-13-6-14-33-63)76-47-59-45-55-25-16-18-35-66(55)70-51-72(57-27-21-26-56(44-57)68-43-52-38-39-58(68)42-52)77(79(61-28-9-4-10-29-61)62-30-11-5-12-31-62)48-60(70)46-54-24-15-17-34-65(54)69(59)50-71(76)53-22-7-3-8-23-53/h3-37,40-41,44,47-52,58,68H,38-39,42-43,45-46H2,1-2H3. The van der Waals surface area contributed by atoms with E-state index in [9.17, 15) is 0 Å². The Morgan fingerprint density at radius 3 is 1.38 bits per heavy atom. The number of nitrogens with zero attached hydrogens (tertiary/aromatic N) is 2. The molecule has 0 radical (unpaired) electrons. The number of benzene rings is 11. The molecule has 15 rings (SSSR count). The fourth-order valence-electron chi connectivity index (χ4n) is 14.8. The lowest BCUT2D eigenvalue weighted by Crippen LogP contribution is -2.16. The molecule has 3 unspecified atom stereocenters. The quantitative estimate of drug-likeness (QED) is 0.142. The lowest BCUT2D eigenvalue weighted by atomic mass is 9.80. The predicted molar refractivity (Wildman–Crippen MR) is 335 cm³/mol. The third-order valence-electron chi connectivity index (χ3n) is 18.6. The minimum absolute atomic E-state index is 0.0961. The van der Waals surface area contributed by atoms with E-state index in [4.69, 9.17) is 0 Å². The Balaban J connectivity index is 0.964. The van der Waals surface area contributed by atoms with Gasteiger partial charge in [0.05, 0.1) is 11.4 Å². The summed E-state index contributed by atoms with van der Waals surface area (Å²) in [5, 5.41) is 0. The van der Waals surface area contributed by atoms with Gasteiger partial charge in [-0.15, -0.1) is 0 Å². The maximum Gasteiger partial charge on any atom is 0.0543 e. The molecule has 2 bridgehead atoms. The summed E-state index contributed by atoms with van der Waals surface area (Å²) in [5.41, 5.74) is 28.9. The van der Waals surface area contributed by atoms with Crippen LogP contribution in [0.3, 0.4) is 0 Å². The highest BCUT2D eigenvalue weighted by Crippen LogP contribution is 2.55. The van der Waals surface area contributed by atoms with E-state index < -0.39 is 0 Å². The third-order valence-corrected chi connectivity index (χ3v) is 18.6. The molecule has 0 amide bonds. The van der Waals surface area contributed by atoms with Crippen molar-refractivity contribution in [3.05, 3.63) is 300 Å². The van der Waals surface area contributed by atoms with Crippen LogP contribution in [0.15, 0.2) is 261 Å². The van der Waals surface area contributed by atoms with Gasteiger partial charge in [-0.25, -0.2) is 0 Å². The van der Waals surface area contributed by atoms with Crippen molar-refractivity contribution in [2.45, 2.75) is 63.7 Å². The fourth-order valence-corrected chi connectivity index (χ4v) is 14.8. The Morgan fingerprint density at radius 2 is 0.812 bits per heavy atom. The van der Waals surface area contributed by atoms with Gasteiger partial charge < -0.3 is 9.80 Å². The molecule has 4 aliphatic rings. The second kappa shape index (κ2) is 19.7. The van der Waals surface area contributed by atoms with Gasteiger partial charge in [0.1, 0.15) is 0 Å². The summed E-state index contributed by atoms with van der Waals surface area (Å²) >= 11 is 0. The van der Waals surface area contributed by atoms with Crippen LogP contribution in [0.2, 0.25) is 0 Å². The second-order valence-electron chi connectivity index (χ2n) is 23.6. The third kappa shape index (κ3) is 8.31. The zero-order valence-electron chi connectivity index (χ0n) is 45.7. The molecule has 2 fully saturated rings. The monoisotopic (exact) mass is 1030 g/mol. The van der Waals surface area contributed by atoms with E-state index in [-0.39, 0.29) is 5.41 Å². The minimum atomic E-state index is -0.0961. The first-order chi connectivity index (χ1) is 39.4. The summed E-state index contributed by atoms with van der Waals surface area (Å²) in [4.78, 5) is 5.02. The van der Waals surface area contributed by atoms with Crippen LogP contribution in [0.1, 0.15) is 84.4 Å². The Morgan fingerprint density at radius 1 is 0.325 bits per heavy atom. The van der Waals surface area contributed by atoms with Crippen molar-refractivity contribution in [3.8, 4) is 55.6 Å². The van der Waals surface area contributed by atoms with E-state index in [1.54, 1.807) is 0 Å². The van der Waals surface area contributed by atoms with Gasteiger partial charge in [0, 0.05) is 39.3 Å². The van der Waals surface area contributed by atoms with Crippen molar-refractivity contribution < 1.29 is 0 Å². The number of hydrogen-bond acceptors (Lipinski definition) is 2. The van der Waals surface area contributed by atoms with Gasteiger partial charge in [0.25, 0.3) is 0 Å². The topological polar surface area (TPSA) is 6.48 Å². The molecule has 0 aromatic heterocycles. The first-order valence-corrected chi connectivity index (χ1v) is 29.1. The highest BCUT2D eigenvalue weighted by molar-refractivity contribution is 5.96. The molecule has 0 spiro atoms. The molecule has 0 N–H and O–H groups in total. The Labute approximate surface area is 472 Å². The lowest BCUT2D eigenvalue weighted by molar-refractivity contribution is 0.420. The van der Waals surface area contributed by atoms with E-state index in [2.05, 4.69) is 285 Å². The molecule has 386 valence electrons. The molecular formula is C78H64N2. The largest absolute Gasteiger partial charge is 0.310 e. The van der Waals surface area contributed by atoms with Gasteiger partial charge in [0.15, 0.2) is 0 Å². The first-order valence-electron chi connectivity index (χ1n) is 29.1. The van der Waals surface area contributed by atoms with Crippen LogP contribution in [0.5, 0.6) is 0 Å². The molecule has 3 atom stereocenters. The van der Waals surface area contributed by atoms with Gasteiger partial charge in [-0.3, -0.25) is 0 Å². The molecule has 2 heteroatoms. The minimum Gasteiger partial charge on any atom is -0.310 e. The SMILES string of the molecule is CC1(C)c2ccccc2-c2cc(N(c3ccccc3)c3cc4c(cc3-c3ccccc3)-c3ccccc3Cc3cc(N(c5ccccc5)c5ccccc5)c(-c5cccc(C6CC7CCC6C7)c5)cc3-c3ccccc3C4)ccc21. The normalized spacial score (nSPS) is 17.1. The first kappa shape index (κ1) is 48.2. The zero-order valence-corrected chi connectivity index (χ0v) is 45.7. The van der Waals surface area contributed by atoms with Crippen LogP contribution < -0.4 is 9.80 Å². The summed E-state index contributed by atoms with van der Waals surface area (Å²) in [5.74, 6) is 2.29. The fraction of sp³-hybridized carbons (Fsp3) is 0.154. The number of para-hydroxylation sites is 3. The zero-order chi connectivity index (χ0) is 53.3. The number of hydrogen-bond donors (Lipinski definition) is 0. The van der Waals surface area contributed by atoms with E-state index >= 15 is 0 Å². The molecule has 0 aliphatic heterocycles. The van der Waals surface area contributed by atoms with Gasteiger partial charge in [-0.1, -0.05) is 208 Å². The summed E-state index contributed by atoms with van der Waals surface area (Å²) in [6.07, 6.45) is 6.96. The molecular weight excluding hydrogens is 965 g/mol. The summed E-state index contributed by atoms with van der Waals surface area (Å²) in [6.45, 7) is 4.74. The van der Waals surface area contributed by atoms with E-state index in [0.717, 1.165) is 53.1 Å². The van der Waals surface area contributed by atoms with Crippen LogP contribution >= 0.6 is 0 Å². The molecule has 0 heterocycles. The summed E-state index contributed by atoms with van der Waals surface area (Å²) in [7, 11) is 0. The average molecular weight is 1030 g/mol. The number of rotatable bonds is 9. The van der Waals surface area contributed by atoms with E-state index in [1.807, 2.05) is 0 Å². The summed E-state index contributed by atoms with van der Waals surface area (Å²) < 4.78 is 0. The van der Waals surface area contributed by atoms with Gasteiger partial charge >= 0.3 is 0 Å². The van der Waals surface area contributed by atoms with Crippen LogP contribution in [-0.4, -0.2) is 0 Å². The predicted octanol–water partition coefficient (Wildman–Crippen LogP) is 21.0. The highest BCUT2D eigenvalue weighted by Gasteiger charge is 2.40. The van der Waals surface area contributed by atoms with Crippen molar-refractivity contribution in [2.24, 2.45) is 11.8 Å². The molecule has 2 nitrogen and oxygen atoms in total. The van der Waals surface area contributed by atoms with Crippen LogP contribution in [0.4, 0.5) is 34.1 Å². The van der Waals surface area contributed by atoms with Crippen molar-refractivity contribution >= 4 is 34.1 Å². The molecule has 0 saturated heterocycles. The number of anilines is 6. The maximum atomic E-state index is 2.57. The Kier molecular flexibility index (Phi) is 11.9. The van der Waals surface area contributed by atoms with Crippen molar-refractivity contribution in [3.63, 3.8) is 0 Å². The van der Waals surface area contributed by atoms with Gasteiger partial charge in [-0.2, -0.15) is 0 Å². The van der Waals surface area contributed by atoms with Crippen molar-refractivity contribution in [2.75, 3.05) is 9.80 Å². The van der Waals surface area contributed by atoms with Crippen LogP contribution in [-0.2, 0) is 18.3 Å². The molecule has 11 aromatic carbocycles. The average Bonchev–Trinajstić information content (AvgIpc) is 4.30. The summed E-state index contributed by atoms with van der Waals surface area (Å²) in [6, 6.07) is 98.7. The molecule has 11 aromatic rings. The van der Waals surface area contributed by atoms with Gasteiger partial charge in [-0.05, 0) is 206 Å². The van der Waals surface area contributed by atoms with E-state index in [1.165, 1.54) is 126 Å². The second-order valence-corrected chi connectivity index (χ2v) is 23.6. The smallest absolute Gasteiger partial charge is 0.0543 e. The van der Waals surface area contributed by atoms with E-state index in [0.29, 0.717) is 5.92 Å². The molecule has 4 aliphatic carbocycles. The van der Waals surface area contributed by atoms with Crippen molar-refractivity contribution in [1.29, 1.82) is 0 Å². The van der Waals surface area contributed by atoms with Gasteiger partial charge in [0.2, 0.25) is 0 Å². The van der Waals surface area contributed by atoms with Crippen LogP contribution in [0, 0.1) is 11.8 Å². The van der Waals surface area contributed by atoms with Crippen molar-refractivity contribution in [1.82, 2.24) is 0 Å². The Bertz CT molecular complexity index is 4080.